The summed E-state index contributed by atoms with van der Waals surface area (Å²) in [6.45, 7) is 8.83. The van der Waals surface area contributed by atoms with Crippen LogP contribution in [0.1, 0.15) is 41.9 Å². The van der Waals surface area contributed by atoms with E-state index in [2.05, 4.69) is 10.4 Å². The standard InChI is InChI=1S/C29H33N5O6S/c1-6-39-25-11-8-20(16-26(25)40-7-2)12-13-32-28(35)23(30-29(32)41)15-21-9-10-24(38-5)22(14-21)17-33-19(4)27(34(36)37)18(3)31-33/h8-11,14-16H,6-7,12-13,17H2,1-5H3,(H,30,41)/b23-15+. The van der Waals surface area contributed by atoms with Gasteiger partial charge < -0.3 is 19.5 Å². The van der Waals surface area contributed by atoms with Crippen LogP contribution in [0.25, 0.3) is 6.08 Å². The van der Waals surface area contributed by atoms with E-state index in [1.165, 1.54) is 4.90 Å². The van der Waals surface area contributed by atoms with Gasteiger partial charge in [0.15, 0.2) is 16.6 Å². The molecule has 41 heavy (non-hydrogen) atoms. The lowest BCUT2D eigenvalue weighted by Gasteiger charge is -2.16. The molecular formula is C29H33N5O6S. The molecule has 1 saturated heterocycles. The van der Waals surface area contributed by atoms with Crippen molar-refractivity contribution in [3.8, 4) is 17.2 Å². The Morgan fingerprint density at radius 1 is 1.07 bits per heavy atom. The van der Waals surface area contributed by atoms with Gasteiger partial charge in [0.25, 0.3) is 5.91 Å². The second kappa shape index (κ2) is 12.8. The molecule has 1 aliphatic rings. The number of benzene rings is 2. The molecule has 0 unspecified atom stereocenters. The molecule has 0 atom stereocenters. The predicted molar refractivity (Wildman–Crippen MR) is 158 cm³/mol. The third kappa shape index (κ3) is 6.49. The van der Waals surface area contributed by atoms with Crippen LogP contribution in [0.3, 0.4) is 0 Å². The van der Waals surface area contributed by atoms with E-state index >= 15 is 0 Å². The maximum absolute atomic E-state index is 13.3. The van der Waals surface area contributed by atoms with E-state index in [4.69, 9.17) is 26.4 Å². The lowest BCUT2D eigenvalue weighted by molar-refractivity contribution is -0.386. The Morgan fingerprint density at radius 2 is 1.78 bits per heavy atom. The molecule has 0 radical (unpaired) electrons. The molecule has 216 valence electrons. The molecule has 12 heteroatoms. The zero-order valence-corrected chi connectivity index (χ0v) is 24.5. The van der Waals surface area contributed by atoms with Crippen LogP contribution in [0.15, 0.2) is 42.1 Å². The molecule has 0 saturated carbocycles. The largest absolute Gasteiger partial charge is 0.496 e. The summed E-state index contributed by atoms with van der Waals surface area (Å²) in [5.41, 5.74) is 3.64. The minimum atomic E-state index is -0.425. The molecule has 3 aromatic rings. The minimum Gasteiger partial charge on any atom is -0.496 e. The number of hydrogen-bond acceptors (Lipinski definition) is 8. The number of nitrogens with one attached hydrogen (secondary N) is 1. The van der Waals surface area contributed by atoms with Crippen LogP contribution in [-0.2, 0) is 17.8 Å². The second-order valence-corrected chi connectivity index (χ2v) is 9.73. The number of ether oxygens (including phenoxy) is 3. The fraction of sp³-hybridized carbons (Fsp3) is 0.345. The summed E-state index contributed by atoms with van der Waals surface area (Å²) in [6.07, 6.45) is 2.31. The van der Waals surface area contributed by atoms with E-state index in [0.29, 0.717) is 65.6 Å². The van der Waals surface area contributed by atoms with Gasteiger partial charge in [0.1, 0.15) is 22.8 Å². The third-order valence-electron chi connectivity index (χ3n) is 6.66. The van der Waals surface area contributed by atoms with Crippen LogP contribution in [0.4, 0.5) is 5.69 Å². The van der Waals surface area contributed by atoms with Gasteiger partial charge in [-0.15, -0.1) is 0 Å². The first-order valence-corrected chi connectivity index (χ1v) is 13.7. The van der Waals surface area contributed by atoms with Crippen LogP contribution in [-0.4, -0.2) is 57.5 Å². The Bertz CT molecular complexity index is 1520. The molecule has 1 N–H and O–H groups in total. The number of rotatable bonds is 12. The number of carbonyl (C=O) groups is 1. The Balaban J connectivity index is 1.51. The minimum absolute atomic E-state index is 0.00375. The molecule has 0 bridgehead atoms. The van der Waals surface area contributed by atoms with Crippen molar-refractivity contribution in [2.45, 2.75) is 40.7 Å². The van der Waals surface area contributed by atoms with Crippen molar-refractivity contribution >= 4 is 35.0 Å². The summed E-state index contributed by atoms with van der Waals surface area (Å²) < 4.78 is 18.5. The van der Waals surface area contributed by atoms with Crippen molar-refractivity contribution < 1.29 is 23.9 Å². The van der Waals surface area contributed by atoms with E-state index < -0.39 is 4.92 Å². The topological polar surface area (TPSA) is 121 Å². The summed E-state index contributed by atoms with van der Waals surface area (Å²) in [6, 6.07) is 11.2. The van der Waals surface area contributed by atoms with Gasteiger partial charge in [0.05, 0.1) is 31.8 Å². The monoisotopic (exact) mass is 579 g/mol. The highest BCUT2D eigenvalue weighted by Gasteiger charge is 2.30. The number of nitrogens with zero attached hydrogens (tertiary/aromatic N) is 4. The van der Waals surface area contributed by atoms with Crippen molar-refractivity contribution in [2.75, 3.05) is 26.9 Å². The van der Waals surface area contributed by atoms with Crippen molar-refractivity contribution in [2.24, 2.45) is 0 Å². The van der Waals surface area contributed by atoms with Gasteiger partial charge in [0.2, 0.25) is 0 Å². The van der Waals surface area contributed by atoms with Gasteiger partial charge in [0, 0.05) is 12.1 Å². The molecule has 4 rings (SSSR count). The van der Waals surface area contributed by atoms with Gasteiger partial charge in [-0.25, -0.2) is 0 Å². The number of hydrogen-bond donors (Lipinski definition) is 1. The van der Waals surface area contributed by atoms with Gasteiger partial charge in [-0.3, -0.25) is 24.5 Å². The van der Waals surface area contributed by atoms with Crippen LogP contribution in [0.2, 0.25) is 0 Å². The number of carbonyl (C=O) groups excluding carboxylic acids is 1. The van der Waals surface area contributed by atoms with Crippen LogP contribution < -0.4 is 19.5 Å². The molecule has 1 aromatic heterocycles. The molecule has 0 aliphatic carbocycles. The normalized spacial score (nSPS) is 14.0. The molecule has 1 aliphatic heterocycles. The average molecular weight is 580 g/mol. The molecule has 11 nitrogen and oxygen atoms in total. The Morgan fingerprint density at radius 3 is 2.44 bits per heavy atom. The number of aromatic nitrogens is 2. The van der Waals surface area contributed by atoms with Crippen molar-refractivity contribution in [3.05, 3.63) is 80.3 Å². The van der Waals surface area contributed by atoms with Gasteiger partial charge in [-0.2, -0.15) is 5.10 Å². The number of aryl methyl sites for hydroxylation is 1. The average Bonchev–Trinajstić information content (AvgIpc) is 3.36. The van der Waals surface area contributed by atoms with Gasteiger partial charge in [-0.1, -0.05) is 12.1 Å². The van der Waals surface area contributed by atoms with Crippen LogP contribution in [0.5, 0.6) is 17.2 Å². The van der Waals surface area contributed by atoms with Gasteiger partial charge in [-0.05, 0) is 87.8 Å². The fourth-order valence-corrected chi connectivity index (χ4v) is 5.00. The summed E-state index contributed by atoms with van der Waals surface area (Å²) >= 11 is 5.47. The number of thiocarbonyl (C=S) groups is 1. The highest BCUT2D eigenvalue weighted by atomic mass is 32.1. The molecule has 1 amide bonds. The van der Waals surface area contributed by atoms with Crippen molar-refractivity contribution in [1.82, 2.24) is 20.0 Å². The smallest absolute Gasteiger partial charge is 0.312 e. The lowest BCUT2D eigenvalue weighted by Crippen LogP contribution is -2.32. The summed E-state index contributed by atoms with van der Waals surface area (Å²) in [5, 5.41) is 19.1. The molecule has 2 heterocycles. The van der Waals surface area contributed by atoms with Crippen molar-refractivity contribution in [1.29, 1.82) is 0 Å². The summed E-state index contributed by atoms with van der Waals surface area (Å²) in [5.74, 6) is 1.74. The van der Waals surface area contributed by atoms with E-state index in [1.807, 2.05) is 44.2 Å². The Kier molecular flexibility index (Phi) is 9.23. The van der Waals surface area contributed by atoms with Crippen LogP contribution in [0, 0.1) is 24.0 Å². The molecule has 0 spiro atoms. The molecule has 1 fully saturated rings. The molecule has 2 aromatic carbocycles. The van der Waals surface area contributed by atoms with E-state index in [9.17, 15) is 14.9 Å². The SMILES string of the molecule is CCOc1ccc(CCN2C(=O)/C(=C\c3ccc(OC)c(Cn4nc(C)c([N+](=O)[O-])c4C)c3)NC2=S)cc1OCC. The fourth-order valence-electron chi connectivity index (χ4n) is 4.71. The Labute approximate surface area is 243 Å². The Hall–Kier alpha value is -4.45. The maximum atomic E-state index is 13.3. The summed E-state index contributed by atoms with van der Waals surface area (Å²) in [4.78, 5) is 25.8. The second-order valence-electron chi connectivity index (χ2n) is 9.35. The van der Waals surface area contributed by atoms with E-state index in [-0.39, 0.29) is 18.1 Å². The highest BCUT2D eigenvalue weighted by molar-refractivity contribution is 7.80. The predicted octanol–water partition coefficient (Wildman–Crippen LogP) is 4.56. The molecular weight excluding hydrogens is 546 g/mol. The summed E-state index contributed by atoms with van der Waals surface area (Å²) in [7, 11) is 1.56. The number of amides is 1. The van der Waals surface area contributed by atoms with Crippen molar-refractivity contribution in [3.63, 3.8) is 0 Å². The number of methoxy groups -OCH3 is 1. The first-order chi connectivity index (χ1) is 19.7. The van der Waals surface area contributed by atoms with E-state index in [1.54, 1.807) is 37.8 Å². The quantitative estimate of drug-likeness (QED) is 0.142. The first-order valence-electron chi connectivity index (χ1n) is 13.2. The van der Waals surface area contributed by atoms with E-state index in [0.717, 1.165) is 16.7 Å². The maximum Gasteiger partial charge on any atom is 0.312 e. The highest BCUT2D eigenvalue weighted by Crippen LogP contribution is 2.30. The first kappa shape index (κ1) is 29.5. The zero-order valence-electron chi connectivity index (χ0n) is 23.7. The number of nitro groups is 1. The van der Waals surface area contributed by atoms with Crippen LogP contribution >= 0.6 is 12.2 Å². The third-order valence-corrected chi connectivity index (χ3v) is 6.98. The zero-order chi connectivity index (χ0) is 29.7. The van der Waals surface area contributed by atoms with Gasteiger partial charge >= 0.3 is 5.69 Å². The lowest BCUT2D eigenvalue weighted by atomic mass is 10.1.